The molecule has 1 heterocycles. The molecule has 0 aromatic carbocycles. The first-order chi connectivity index (χ1) is 9.97. The van der Waals surface area contributed by atoms with Gasteiger partial charge in [-0.25, -0.2) is 5.14 Å². The summed E-state index contributed by atoms with van der Waals surface area (Å²) >= 11 is 0. The van der Waals surface area contributed by atoms with Crippen molar-refractivity contribution in [2.24, 2.45) is 11.1 Å². The average Bonchev–Trinajstić information content (AvgIpc) is 2.47. The smallest absolute Gasteiger partial charge is 0.276 e. The van der Waals surface area contributed by atoms with Crippen molar-refractivity contribution in [2.45, 2.75) is 44.9 Å². The van der Waals surface area contributed by atoms with Gasteiger partial charge in [0.15, 0.2) is 0 Å². The highest BCUT2D eigenvalue weighted by Gasteiger charge is 2.29. The summed E-state index contributed by atoms with van der Waals surface area (Å²) in [5.74, 6) is -0.0520. The molecule has 1 amide bonds. The van der Waals surface area contributed by atoms with E-state index < -0.39 is 10.2 Å². The Labute approximate surface area is 126 Å². The number of hydrogen-bond donors (Lipinski definition) is 2. The number of nitrogens with two attached hydrogens (primary N) is 1. The van der Waals surface area contributed by atoms with Crippen LogP contribution in [0.2, 0.25) is 0 Å². The van der Waals surface area contributed by atoms with Gasteiger partial charge in [0.25, 0.3) is 10.2 Å². The number of nitrogens with zero attached hydrogens (tertiary/aromatic N) is 1. The molecule has 2 aliphatic rings. The van der Waals surface area contributed by atoms with Gasteiger partial charge in [-0.05, 0) is 44.9 Å². The molecular formula is C14H25N3O3S. The van der Waals surface area contributed by atoms with Gasteiger partial charge in [-0.3, -0.25) is 4.79 Å². The average molecular weight is 315 g/mol. The van der Waals surface area contributed by atoms with Gasteiger partial charge in [-0.2, -0.15) is 12.7 Å². The Hall–Kier alpha value is -0.920. The largest absolute Gasteiger partial charge is 0.356 e. The van der Waals surface area contributed by atoms with E-state index in [4.69, 9.17) is 5.14 Å². The molecular weight excluding hydrogens is 290 g/mol. The Morgan fingerprint density at radius 3 is 2.62 bits per heavy atom. The van der Waals surface area contributed by atoms with E-state index in [0.29, 0.717) is 32.5 Å². The molecule has 0 unspecified atom stereocenters. The number of carbonyl (C=O) groups is 1. The molecule has 0 atom stereocenters. The Kier molecular flexibility index (Phi) is 5.78. The summed E-state index contributed by atoms with van der Waals surface area (Å²) in [6, 6.07) is 0. The molecule has 7 heteroatoms. The first-order valence-electron chi connectivity index (χ1n) is 7.70. The zero-order valence-electron chi connectivity index (χ0n) is 12.4. The Morgan fingerprint density at radius 2 is 2.05 bits per heavy atom. The lowest BCUT2D eigenvalue weighted by molar-refractivity contribution is -0.126. The Bertz CT molecular complexity index is 494. The maximum absolute atomic E-state index is 12.1. The molecule has 0 aromatic rings. The summed E-state index contributed by atoms with van der Waals surface area (Å²) < 4.78 is 23.7. The highest BCUT2D eigenvalue weighted by atomic mass is 32.2. The molecule has 120 valence electrons. The molecule has 0 bridgehead atoms. The molecule has 0 radical (unpaired) electrons. The number of hydrogen-bond acceptors (Lipinski definition) is 3. The fraction of sp³-hybridized carbons (Fsp3) is 0.786. The lowest BCUT2D eigenvalue weighted by Gasteiger charge is -2.29. The Balaban J connectivity index is 1.69. The number of amides is 1. The van der Waals surface area contributed by atoms with Gasteiger partial charge in [0.05, 0.1) is 0 Å². The molecule has 1 aliphatic heterocycles. The third kappa shape index (κ3) is 5.09. The first-order valence-corrected chi connectivity index (χ1v) is 9.20. The van der Waals surface area contributed by atoms with Crippen LogP contribution in [0.4, 0.5) is 0 Å². The normalized spacial score (nSPS) is 21.9. The van der Waals surface area contributed by atoms with Crippen molar-refractivity contribution in [3.63, 3.8) is 0 Å². The third-order valence-corrected chi connectivity index (χ3v) is 5.40. The van der Waals surface area contributed by atoms with Crippen molar-refractivity contribution in [1.82, 2.24) is 9.62 Å². The van der Waals surface area contributed by atoms with Crippen LogP contribution in [-0.2, 0) is 15.0 Å². The van der Waals surface area contributed by atoms with E-state index in [2.05, 4.69) is 11.4 Å². The van der Waals surface area contributed by atoms with Crippen LogP contribution in [0.5, 0.6) is 0 Å². The van der Waals surface area contributed by atoms with Crippen LogP contribution in [0.25, 0.3) is 0 Å². The summed E-state index contributed by atoms with van der Waals surface area (Å²) in [5, 5.41) is 8.06. The highest BCUT2D eigenvalue weighted by Crippen LogP contribution is 2.20. The summed E-state index contributed by atoms with van der Waals surface area (Å²) in [4.78, 5) is 12.1. The fourth-order valence-corrected chi connectivity index (χ4v) is 3.71. The van der Waals surface area contributed by atoms with E-state index in [1.54, 1.807) is 0 Å². The van der Waals surface area contributed by atoms with Gasteiger partial charge in [0, 0.05) is 25.6 Å². The van der Waals surface area contributed by atoms with Crippen molar-refractivity contribution in [3.8, 4) is 0 Å². The van der Waals surface area contributed by atoms with Gasteiger partial charge in [-0.15, -0.1) is 0 Å². The molecule has 6 nitrogen and oxygen atoms in total. The summed E-state index contributed by atoms with van der Waals surface area (Å²) in [6.07, 6.45) is 9.17. The molecule has 21 heavy (non-hydrogen) atoms. The van der Waals surface area contributed by atoms with E-state index in [1.807, 2.05) is 0 Å². The van der Waals surface area contributed by atoms with E-state index in [-0.39, 0.29) is 11.8 Å². The van der Waals surface area contributed by atoms with Crippen LogP contribution < -0.4 is 10.5 Å². The standard InChI is InChI=1S/C14H25N3O3S/c15-21(19,20)17-10-7-13(8-11-17)14(18)16-9-6-12-4-2-1-3-5-12/h4,13H,1-3,5-11H2,(H,16,18)(H2,15,19,20). The van der Waals surface area contributed by atoms with Gasteiger partial charge in [-0.1, -0.05) is 11.6 Å². The van der Waals surface area contributed by atoms with Gasteiger partial charge in [0.2, 0.25) is 5.91 Å². The third-order valence-electron chi connectivity index (χ3n) is 4.31. The van der Waals surface area contributed by atoms with Crippen molar-refractivity contribution in [1.29, 1.82) is 0 Å². The second-order valence-electron chi connectivity index (χ2n) is 5.87. The summed E-state index contributed by atoms with van der Waals surface area (Å²) in [5.41, 5.74) is 1.45. The minimum Gasteiger partial charge on any atom is -0.356 e. The molecule has 0 spiro atoms. The van der Waals surface area contributed by atoms with Crippen LogP contribution in [0.15, 0.2) is 11.6 Å². The summed E-state index contributed by atoms with van der Waals surface area (Å²) in [6.45, 7) is 1.35. The number of allylic oxidation sites excluding steroid dienone is 1. The van der Waals surface area contributed by atoms with E-state index in [1.165, 1.54) is 22.7 Å². The van der Waals surface area contributed by atoms with Crippen LogP contribution in [-0.4, -0.2) is 38.3 Å². The maximum Gasteiger partial charge on any atom is 0.276 e. The Morgan fingerprint density at radius 1 is 1.33 bits per heavy atom. The van der Waals surface area contributed by atoms with Crippen LogP contribution >= 0.6 is 0 Å². The first kappa shape index (κ1) is 16.5. The second kappa shape index (κ2) is 7.38. The van der Waals surface area contributed by atoms with Gasteiger partial charge >= 0.3 is 0 Å². The van der Waals surface area contributed by atoms with Gasteiger partial charge < -0.3 is 5.32 Å². The number of carbonyl (C=O) groups excluding carboxylic acids is 1. The number of piperidine rings is 1. The minimum atomic E-state index is -3.61. The predicted octanol–water partition coefficient (Wildman–Crippen LogP) is 0.909. The quantitative estimate of drug-likeness (QED) is 0.739. The van der Waals surface area contributed by atoms with Crippen LogP contribution in [0.3, 0.4) is 0 Å². The lowest BCUT2D eigenvalue weighted by Crippen LogP contribution is -2.45. The second-order valence-corrected chi connectivity index (χ2v) is 7.41. The van der Waals surface area contributed by atoms with E-state index in [0.717, 1.165) is 19.3 Å². The van der Waals surface area contributed by atoms with Crippen LogP contribution in [0, 0.1) is 5.92 Å². The monoisotopic (exact) mass is 315 g/mol. The SMILES string of the molecule is NS(=O)(=O)N1CCC(C(=O)NCCC2=CCCCC2)CC1. The topological polar surface area (TPSA) is 92.5 Å². The number of nitrogens with one attached hydrogen (secondary N) is 1. The van der Waals surface area contributed by atoms with E-state index >= 15 is 0 Å². The highest BCUT2D eigenvalue weighted by molar-refractivity contribution is 7.86. The molecule has 1 fully saturated rings. The van der Waals surface area contributed by atoms with Crippen molar-refractivity contribution < 1.29 is 13.2 Å². The molecule has 0 saturated carbocycles. The lowest BCUT2D eigenvalue weighted by atomic mass is 9.96. The zero-order valence-corrected chi connectivity index (χ0v) is 13.2. The molecule has 3 N–H and O–H groups in total. The van der Waals surface area contributed by atoms with Crippen molar-refractivity contribution in [2.75, 3.05) is 19.6 Å². The number of rotatable bonds is 5. The molecule has 0 aromatic heterocycles. The van der Waals surface area contributed by atoms with Gasteiger partial charge in [0.1, 0.15) is 0 Å². The molecule has 1 aliphatic carbocycles. The maximum atomic E-state index is 12.1. The summed E-state index contributed by atoms with van der Waals surface area (Å²) in [7, 11) is -3.61. The molecule has 2 rings (SSSR count). The van der Waals surface area contributed by atoms with Crippen molar-refractivity contribution in [3.05, 3.63) is 11.6 Å². The zero-order chi connectivity index (χ0) is 15.3. The van der Waals surface area contributed by atoms with Crippen molar-refractivity contribution >= 4 is 16.1 Å². The fourth-order valence-electron chi connectivity index (χ4n) is 2.99. The predicted molar refractivity (Wildman–Crippen MR) is 81.6 cm³/mol. The minimum absolute atomic E-state index is 0.0421. The van der Waals surface area contributed by atoms with Crippen LogP contribution in [0.1, 0.15) is 44.9 Å². The molecule has 1 saturated heterocycles. The van der Waals surface area contributed by atoms with E-state index in [9.17, 15) is 13.2 Å².